The number of nitrogens with zero attached hydrogens (tertiary/aromatic N) is 2. The molecule has 0 saturated heterocycles. The van der Waals surface area contributed by atoms with Crippen molar-refractivity contribution < 1.29 is 9.47 Å². The third-order valence-electron chi connectivity index (χ3n) is 4.36. The summed E-state index contributed by atoms with van der Waals surface area (Å²) >= 11 is 3.50. The van der Waals surface area contributed by atoms with Crippen LogP contribution in [0.3, 0.4) is 0 Å². The molecule has 0 aliphatic carbocycles. The summed E-state index contributed by atoms with van der Waals surface area (Å²) in [5.74, 6) is 0.391. The lowest BCUT2D eigenvalue weighted by Gasteiger charge is -2.31. The third kappa shape index (κ3) is 3.08. The van der Waals surface area contributed by atoms with Crippen LogP contribution in [0.2, 0.25) is 0 Å². The molecular weight excluding hydrogens is 382 g/mol. The predicted molar refractivity (Wildman–Crippen MR) is 101 cm³/mol. The number of ether oxygens (including phenoxy) is 2. The largest absolute Gasteiger partial charge is 0.496 e. The fourth-order valence-corrected chi connectivity index (χ4v) is 3.60. The minimum Gasteiger partial charge on any atom is -0.496 e. The number of nitrogens with one attached hydrogen (secondary N) is 1. The van der Waals surface area contributed by atoms with E-state index in [1.165, 1.54) is 0 Å². The molecule has 25 heavy (non-hydrogen) atoms. The lowest BCUT2D eigenvalue weighted by molar-refractivity contribution is 0.411. The Morgan fingerprint density at radius 3 is 2.60 bits per heavy atom. The highest BCUT2D eigenvalue weighted by molar-refractivity contribution is 9.10. The van der Waals surface area contributed by atoms with Gasteiger partial charge >= 0.3 is 0 Å². The zero-order valence-electron chi connectivity index (χ0n) is 14.2. The van der Waals surface area contributed by atoms with Gasteiger partial charge in [0.05, 0.1) is 17.7 Å². The lowest BCUT2D eigenvalue weighted by Crippen LogP contribution is -2.31. The molecule has 1 heterocycles. The van der Waals surface area contributed by atoms with E-state index in [4.69, 9.17) is 14.9 Å². The molecule has 2 atom stereocenters. The Kier molecular flexibility index (Phi) is 4.69. The number of nitriles is 1. The zero-order valence-corrected chi connectivity index (χ0v) is 15.8. The van der Waals surface area contributed by atoms with Crippen molar-refractivity contribution in [2.75, 3.05) is 26.1 Å². The smallest absolute Gasteiger partial charge is 0.205 e. The molecule has 2 unspecified atom stereocenters. The first-order valence-electron chi connectivity index (χ1n) is 7.77. The highest BCUT2D eigenvalue weighted by Gasteiger charge is 2.37. The fraction of sp³-hybridized carbons (Fsp3) is 0.263. The van der Waals surface area contributed by atoms with Crippen molar-refractivity contribution in [1.82, 2.24) is 0 Å². The van der Waals surface area contributed by atoms with E-state index in [-0.39, 0.29) is 11.8 Å². The first-order valence-corrected chi connectivity index (χ1v) is 8.56. The molecule has 0 fully saturated rings. The lowest BCUT2D eigenvalue weighted by atomic mass is 9.79. The van der Waals surface area contributed by atoms with Crippen LogP contribution in [-0.2, 0) is 0 Å². The van der Waals surface area contributed by atoms with Gasteiger partial charge in [0.25, 0.3) is 0 Å². The Balaban J connectivity index is 2.15. The molecular formula is C19H18BrN3O2. The minimum atomic E-state index is -0.669. The molecule has 0 spiro atoms. The summed E-state index contributed by atoms with van der Waals surface area (Å²) in [7, 11) is 5.51. The SMILES string of the molecule is COc1ccc(C2c3ccc(N(C)C)cc3OC(=N)C2C#N)cc1Br. The molecule has 0 radical (unpaired) electrons. The van der Waals surface area contributed by atoms with E-state index in [2.05, 4.69) is 22.0 Å². The van der Waals surface area contributed by atoms with Crippen molar-refractivity contribution in [1.29, 1.82) is 10.7 Å². The van der Waals surface area contributed by atoms with Crippen molar-refractivity contribution in [3.05, 3.63) is 52.0 Å². The summed E-state index contributed by atoms with van der Waals surface area (Å²) < 4.78 is 11.8. The summed E-state index contributed by atoms with van der Waals surface area (Å²) in [5, 5.41) is 17.8. The van der Waals surface area contributed by atoms with Crippen LogP contribution in [-0.4, -0.2) is 27.1 Å². The van der Waals surface area contributed by atoms with Crippen molar-refractivity contribution in [2.45, 2.75) is 5.92 Å². The van der Waals surface area contributed by atoms with Crippen LogP contribution in [0.1, 0.15) is 17.0 Å². The number of hydrogen-bond acceptors (Lipinski definition) is 5. The van der Waals surface area contributed by atoms with Gasteiger partial charge in [0.2, 0.25) is 5.90 Å². The van der Waals surface area contributed by atoms with Gasteiger partial charge in [-0.2, -0.15) is 5.26 Å². The minimum absolute atomic E-state index is 0.0251. The number of hydrogen-bond donors (Lipinski definition) is 1. The number of rotatable bonds is 3. The standard InChI is InChI=1S/C19H18BrN3O2/c1-23(2)12-5-6-13-17(9-12)25-19(22)14(10-21)18(13)11-4-7-16(24-3)15(20)8-11/h4-9,14,18,22H,1-3H3. The van der Waals surface area contributed by atoms with Crippen molar-refractivity contribution >= 4 is 27.5 Å². The molecule has 2 aromatic carbocycles. The summed E-state index contributed by atoms with van der Waals surface area (Å²) in [5.41, 5.74) is 2.83. The molecule has 6 heteroatoms. The topological polar surface area (TPSA) is 69.3 Å². The quantitative estimate of drug-likeness (QED) is 0.840. The van der Waals surface area contributed by atoms with Crippen LogP contribution in [0.5, 0.6) is 11.5 Å². The predicted octanol–water partition coefficient (Wildman–Crippen LogP) is 4.17. The number of methoxy groups -OCH3 is 1. The number of halogens is 1. The van der Waals surface area contributed by atoms with Crippen LogP contribution < -0.4 is 14.4 Å². The van der Waals surface area contributed by atoms with Crippen LogP contribution in [0.25, 0.3) is 0 Å². The molecule has 0 bridgehead atoms. The van der Waals surface area contributed by atoms with Gasteiger partial charge < -0.3 is 14.4 Å². The molecule has 0 aromatic heterocycles. The van der Waals surface area contributed by atoms with Gasteiger partial charge in [0, 0.05) is 37.3 Å². The molecule has 2 aromatic rings. The van der Waals surface area contributed by atoms with E-state index in [0.29, 0.717) is 5.75 Å². The summed E-state index contributed by atoms with van der Waals surface area (Å²) in [4.78, 5) is 1.97. The summed E-state index contributed by atoms with van der Waals surface area (Å²) in [6.07, 6.45) is 0. The fourth-order valence-electron chi connectivity index (χ4n) is 3.04. The van der Waals surface area contributed by atoms with Crippen molar-refractivity contribution in [3.63, 3.8) is 0 Å². The van der Waals surface area contributed by atoms with Gasteiger partial charge in [-0.1, -0.05) is 12.1 Å². The average Bonchev–Trinajstić information content (AvgIpc) is 2.59. The molecule has 3 rings (SSSR count). The highest BCUT2D eigenvalue weighted by atomic mass is 79.9. The first kappa shape index (κ1) is 17.3. The number of fused-ring (bicyclic) bond motifs is 1. The summed E-state index contributed by atoms with van der Waals surface area (Å²) in [6, 6.07) is 13.8. The second kappa shape index (κ2) is 6.77. The molecule has 128 valence electrons. The molecule has 5 nitrogen and oxygen atoms in total. The molecule has 0 amide bonds. The first-order chi connectivity index (χ1) is 12.0. The van der Waals surface area contributed by atoms with Crippen molar-refractivity contribution in [3.8, 4) is 17.6 Å². The van der Waals surface area contributed by atoms with Crippen molar-refractivity contribution in [2.24, 2.45) is 5.92 Å². The zero-order chi connectivity index (χ0) is 18.1. The Labute approximate surface area is 155 Å². The molecule has 1 N–H and O–H groups in total. The number of benzene rings is 2. The Morgan fingerprint density at radius 1 is 1.24 bits per heavy atom. The maximum atomic E-state index is 9.62. The maximum Gasteiger partial charge on any atom is 0.205 e. The van der Waals surface area contributed by atoms with E-state index in [0.717, 1.165) is 27.0 Å². The van der Waals surface area contributed by atoms with E-state index in [1.54, 1.807) is 7.11 Å². The molecule has 1 aliphatic heterocycles. The molecule has 0 saturated carbocycles. The van der Waals surface area contributed by atoms with Gasteiger partial charge in [-0.25, -0.2) is 0 Å². The Morgan fingerprint density at radius 2 is 2.00 bits per heavy atom. The van der Waals surface area contributed by atoms with Crippen LogP contribution in [0, 0.1) is 22.7 Å². The average molecular weight is 400 g/mol. The Hall–Kier alpha value is -2.52. The van der Waals surface area contributed by atoms with Gasteiger partial charge in [-0.3, -0.25) is 5.41 Å². The van der Waals surface area contributed by atoms with E-state index in [9.17, 15) is 5.26 Å². The van der Waals surface area contributed by atoms with Crippen LogP contribution >= 0.6 is 15.9 Å². The van der Waals surface area contributed by atoms with E-state index < -0.39 is 5.92 Å². The summed E-state index contributed by atoms with van der Waals surface area (Å²) in [6.45, 7) is 0. The van der Waals surface area contributed by atoms with Gasteiger partial charge in [-0.05, 0) is 39.7 Å². The van der Waals surface area contributed by atoms with Gasteiger partial charge in [-0.15, -0.1) is 0 Å². The second-order valence-electron chi connectivity index (χ2n) is 6.06. The maximum absolute atomic E-state index is 9.62. The van der Waals surface area contributed by atoms with E-state index >= 15 is 0 Å². The highest BCUT2D eigenvalue weighted by Crippen LogP contribution is 2.44. The normalized spacial score (nSPS) is 18.8. The van der Waals surface area contributed by atoms with Gasteiger partial charge in [0.15, 0.2) is 0 Å². The third-order valence-corrected chi connectivity index (χ3v) is 4.98. The monoisotopic (exact) mass is 399 g/mol. The number of anilines is 1. The molecule has 1 aliphatic rings. The van der Waals surface area contributed by atoms with Gasteiger partial charge in [0.1, 0.15) is 17.4 Å². The second-order valence-corrected chi connectivity index (χ2v) is 6.92. The van der Waals surface area contributed by atoms with Crippen LogP contribution in [0.15, 0.2) is 40.9 Å². The van der Waals surface area contributed by atoms with Crippen LogP contribution in [0.4, 0.5) is 5.69 Å². The Bertz CT molecular complexity index is 873. The van der Waals surface area contributed by atoms with E-state index in [1.807, 2.05) is 55.4 Å².